The summed E-state index contributed by atoms with van der Waals surface area (Å²) in [4.78, 5) is 14.3. The number of ether oxygens (including phenoxy) is 1. The molecule has 128 valence electrons. The Morgan fingerprint density at radius 1 is 0.846 bits per heavy atom. The summed E-state index contributed by atoms with van der Waals surface area (Å²) in [5, 5.41) is 0. The van der Waals surface area contributed by atoms with E-state index in [0.717, 1.165) is 6.54 Å². The van der Waals surface area contributed by atoms with Crippen molar-refractivity contribution < 1.29 is 9.53 Å². The maximum absolute atomic E-state index is 12.5. The van der Waals surface area contributed by atoms with Crippen LogP contribution in [0.5, 0.6) is 0 Å². The molecular formula is C23H19NO2. The van der Waals surface area contributed by atoms with Gasteiger partial charge in [-0.3, -0.25) is 4.90 Å². The molecule has 1 heterocycles. The summed E-state index contributed by atoms with van der Waals surface area (Å²) in [5.74, 6) is 0.112. The Morgan fingerprint density at radius 3 is 2.08 bits per heavy atom. The van der Waals surface area contributed by atoms with Gasteiger partial charge in [0.1, 0.15) is 6.61 Å². The highest BCUT2D eigenvalue weighted by atomic mass is 16.6. The largest absolute Gasteiger partial charge is 0.448 e. The molecule has 0 N–H and O–H groups in total. The van der Waals surface area contributed by atoms with Crippen molar-refractivity contribution in [2.75, 3.05) is 13.2 Å². The molecule has 1 fully saturated rings. The first kappa shape index (κ1) is 15.2. The summed E-state index contributed by atoms with van der Waals surface area (Å²) >= 11 is 0. The molecule has 0 spiro atoms. The number of carbonyl (C=O) groups excluding carboxylic acids is 1. The van der Waals surface area contributed by atoms with Gasteiger partial charge in [0, 0.05) is 12.5 Å². The second-order valence-electron chi connectivity index (χ2n) is 6.88. The van der Waals surface area contributed by atoms with Crippen LogP contribution in [0.2, 0.25) is 0 Å². The quantitative estimate of drug-likeness (QED) is 0.628. The standard InChI is InChI=1S/C23H19NO2/c25-23(24-14-22(24)16-8-2-1-3-9-16)26-15-21-19-12-6-4-10-17(19)18-11-5-7-13-20(18)21/h1-13,21-22H,14-15H2. The van der Waals surface area contributed by atoms with Crippen molar-refractivity contribution in [2.45, 2.75) is 12.0 Å². The first-order valence-corrected chi connectivity index (χ1v) is 8.99. The Hall–Kier alpha value is -3.07. The Bertz CT molecular complexity index is 921. The highest BCUT2D eigenvalue weighted by molar-refractivity contribution is 5.79. The lowest BCUT2D eigenvalue weighted by atomic mass is 9.98. The third kappa shape index (κ3) is 2.48. The molecule has 26 heavy (non-hydrogen) atoms. The van der Waals surface area contributed by atoms with Gasteiger partial charge >= 0.3 is 6.09 Å². The minimum Gasteiger partial charge on any atom is -0.448 e. The molecule has 0 radical (unpaired) electrons. The number of amides is 1. The highest BCUT2D eigenvalue weighted by Gasteiger charge is 2.41. The van der Waals surface area contributed by atoms with Gasteiger partial charge in [-0.25, -0.2) is 4.79 Å². The molecule has 1 amide bonds. The summed E-state index contributed by atoms with van der Waals surface area (Å²) in [6, 6.07) is 27.1. The van der Waals surface area contributed by atoms with Gasteiger partial charge < -0.3 is 4.74 Å². The van der Waals surface area contributed by atoms with Gasteiger partial charge in [0.2, 0.25) is 0 Å². The Morgan fingerprint density at radius 2 is 1.42 bits per heavy atom. The van der Waals surface area contributed by atoms with Crippen molar-refractivity contribution in [3.8, 4) is 11.1 Å². The van der Waals surface area contributed by atoms with Crippen molar-refractivity contribution in [1.82, 2.24) is 4.90 Å². The zero-order chi connectivity index (χ0) is 17.5. The van der Waals surface area contributed by atoms with Crippen LogP contribution < -0.4 is 0 Å². The fourth-order valence-corrected chi connectivity index (χ4v) is 3.98. The number of hydrogen-bond donors (Lipinski definition) is 0. The van der Waals surface area contributed by atoms with Crippen LogP contribution in [0.1, 0.15) is 28.7 Å². The number of fused-ring (bicyclic) bond motifs is 3. The Labute approximate surface area is 152 Å². The van der Waals surface area contributed by atoms with Gasteiger partial charge in [0.25, 0.3) is 0 Å². The number of rotatable bonds is 3. The van der Waals surface area contributed by atoms with Crippen LogP contribution in [0.25, 0.3) is 11.1 Å². The molecule has 0 bridgehead atoms. The van der Waals surface area contributed by atoms with Gasteiger partial charge in [-0.2, -0.15) is 0 Å². The monoisotopic (exact) mass is 341 g/mol. The summed E-state index contributed by atoms with van der Waals surface area (Å²) in [7, 11) is 0. The summed E-state index contributed by atoms with van der Waals surface area (Å²) < 4.78 is 5.70. The van der Waals surface area contributed by atoms with Crippen molar-refractivity contribution >= 4 is 6.09 Å². The van der Waals surface area contributed by atoms with E-state index in [1.165, 1.54) is 27.8 Å². The van der Waals surface area contributed by atoms with E-state index < -0.39 is 0 Å². The number of benzene rings is 3. The predicted octanol–water partition coefficient (Wildman–Crippen LogP) is 4.99. The lowest BCUT2D eigenvalue weighted by Crippen LogP contribution is -2.17. The smallest absolute Gasteiger partial charge is 0.410 e. The van der Waals surface area contributed by atoms with Gasteiger partial charge in [-0.1, -0.05) is 78.9 Å². The summed E-state index contributed by atoms with van der Waals surface area (Å²) in [6.07, 6.45) is -0.222. The first-order chi connectivity index (χ1) is 12.8. The van der Waals surface area contributed by atoms with Gasteiger partial charge in [-0.05, 0) is 27.8 Å². The normalized spacial score (nSPS) is 17.5. The minimum atomic E-state index is -0.222. The summed E-state index contributed by atoms with van der Waals surface area (Å²) in [6.45, 7) is 1.12. The molecule has 1 atom stereocenters. The van der Waals surface area contributed by atoms with E-state index in [0.29, 0.717) is 6.61 Å². The molecule has 1 aliphatic heterocycles. The van der Waals surface area contributed by atoms with Gasteiger partial charge in [0.05, 0.1) is 6.04 Å². The molecule has 3 nitrogen and oxygen atoms in total. The van der Waals surface area contributed by atoms with E-state index in [9.17, 15) is 4.79 Å². The third-order valence-corrected chi connectivity index (χ3v) is 5.37. The van der Waals surface area contributed by atoms with Crippen LogP contribution in [-0.2, 0) is 4.74 Å². The van der Waals surface area contributed by atoms with E-state index in [2.05, 4.69) is 60.7 Å². The van der Waals surface area contributed by atoms with Crippen LogP contribution >= 0.6 is 0 Å². The fourth-order valence-electron chi connectivity index (χ4n) is 3.98. The molecule has 0 aromatic heterocycles. The molecule has 3 aromatic rings. The van der Waals surface area contributed by atoms with E-state index in [1.54, 1.807) is 4.90 Å². The average molecular weight is 341 g/mol. The van der Waals surface area contributed by atoms with Crippen molar-refractivity contribution in [1.29, 1.82) is 0 Å². The third-order valence-electron chi connectivity index (χ3n) is 5.37. The Balaban J connectivity index is 1.31. The number of carbonyl (C=O) groups is 1. The molecule has 1 unspecified atom stereocenters. The molecule has 3 aromatic carbocycles. The SMILES string of the molecule is O=C(OCC1c2ccccc2-c2ccccc21)N1CC1c1ccccc1. The van der Waals surface area contributed by atoms with Crippen LogP contribution in [0.4, 0.5) is 4.79 Å². The van der Waals surface area contributed by atoms with E-state index in [1.807, 2.05) is 18.2 Å². The first-order valence-electron chi connectivity index (χ1n) is 8.99. The average Bonchev–Trinajstić information content (AvgIpc) is 3.44. The predicted molar refractivity (Wildman–Crippen MR) is 101 cm³/mol. The zero-order valence-corrected chi connectivity index (χ0v) is 14.3. The van der Waals surface area contributed by atoms with Crippen molar-refractivity contribution in [2.24, 2.45) is 0 Å². The number of hydrogen-bond acceptors (Lipinski definition) is 2. The zero-order valence-electron chi connectivity index (χ0n) is 14.3. The van der Waals surface area contributed by atoms with Crippen LogP contribution in [0, 0.1) is 0 Å². The van der Waals surface area contributed by atoms with Crippen LogP contribution in [0.3, 0.4) is 0 Å². The van der Waals surface area contributed by atoms with E-state index in [4.69, 9.17) is 4.74 Å². The topological polar surface area (TPSA) is 29.3 Å². The molecule has 3 heteroatoms. The maximum Gasteiger partial charge on any atom is 0.410 e. The molecule has 0 saturated carbocycles. The molecular weight excluding hydrogens is 322 g/mol. The molecule has 1 aliphatic carbocycles. The lowest BCUT2D eigenvalue weighted by Gasteiger charge is -2.14. The molecule has 5 rings (SSSR count). The minimum absolute atomic E-state index is 0.112. The van der Waals surface area contributed by atoms with E-state index >= 15 is 0 Å². The second-order valence-corrected chi connectivity index (χ2v) is 6.88. The van der Waals surface area contributed by atoms with E-state index in [-0.39, 0.29) is 18.1 Å². The maximum atomic E-state index is 12.5. The Kier molecular flexibility index (Phi) is 3.52. The molecule has 1 saturated heterocycles. The van der Waals surface area contributed by atoms with Crippen LogP contribution in [-0.4, -0.2) is 24.1 Å². The highest BCUT2D eigenvalue weighted by Crippen LogP contribution is 2.45. The van der Waals surface area contributed by atoms with Gasteiger partial charge in [0.15, 0.2) is 0 Å². The van der Waals surface area contributed by atoms with Crippen LogP contribution in [0.15, 0.2) is 78.9 Å². The number of nitrogens with zero attached hydrogens (tertiary/aromatic N) is 1. The second kappa shape index (κ2) is 6.03. The van der Waals surface area contributed by atoms with Crippen molar-refractivity contribution in [3.05, 3.63) is 95.6 Å². The lowest BCUT2D eigenvalue weighted by molar-refractivity contribution is 0.126. The fraction of sp³-hybridized carbons (Fsp3) is 0.174. The van der Waals surface area contributed by atoms with Gasteiger partial charge in [-0.15, -0.1) is 0 Å². The summed E-state index contributed by atoms with van der Waals surface area (Å²) in [5.41, 5.74) is 6.15. The van der Waals surface area contributed by atoms with Crippen molar-refractivity contribution in [3.63, 3.8) is 0 Å². The molecule has 2 aliphatic rings.